The molecule has 174 valence electrons. The summed E-state index contributed by atoms with van der Waals surface area (Å²) < 4.78 is 10.7. The lowest BCUT2D eigenvalue weighted by atomic mass is 9.97. The zero-order chi connectivity index (χ0) is 22.3. The van der Waals surface area contributed by atoms with Crippen molar-refractivity contribution in [2.24, 2.45) is 0 Å². The average Bonchev–Trinajstić information content (AvgIpc) is 3.17. The number of aliphatic hydroxyl groups is 1. The number of nitrogens with zero attached hydrogens (tertiary/aromatic N) is 3. The van der Waals surface area contributed by atoms with E-state index in [9.17, 15) is 9.90 Å². The molecule has 0 bridgehead atoms. The molecule has 1 fully saturated rings. The smallest absolute Gasteiger partial charge is 0.259 e. The third kappa shape index (κ3) is 5.95. The van der Waals surface area contributed by atoms with Gasteiger partial charge < -0.3 is 19.6 Å². The molecule has 1 aliphatic heterocycles. The Balaban J connectivity index is 1.47. The van der Waals surface area contributed by atoms with Gasteiger partial charge in [-0.25, -0.2) is 4.98 Å². The summed E-state index contributed by atoms with van der Waals surface area (Å²) in [4.78, 5) is 27.3. The molecular weight excluding hydrogens is 428 g/mol. The van der Waals surface area contributed by atoms with Crippen LogP contribution in [0.25, 0.3) is 10.2 Å². The number of H-pyrrole nitrogens is 1. The predicted molar refractivity (Wildman–Crippen MR) is 125 cm³/mol. The van der Waals surface area contributed by atoms with Gasteiger partial charge in [-0.15, -0.1) is 17.8 Å². The number of aryl methyl sites for hydroxylation is 2. The maximum absolute atomic E-state index is 12.9. The SMILES string of the molecule is C#CCOC[C@H](O)CN(CCN1CCOCC1)Cc1nc2sc3c(c2c(=O)[nH]1)CCCC3. The number of terminal acetylenes is 1. The van der Waals surface area contributed by atoms with Gasteiger partial charge in [0.25, 0.3) is 5.56 Å². The van der Waals surface area contributed by atoms with Crippen molar-refractivity contribution in [3.8, 4) is 12.3 Å². The number of thiophene rings is 1. The van der Waals surface area contributed by atoms with Gasteiger partial charge in [-0.05, 0) is 31.2 Å². The minimum Gasteiger partial charge on any atom is -0.389 e. The third-order valence-electron chi connectivity index (χ3n) is 6.05. The minimum absolute atomic E-state index is 0.0459. The van der Waals surface area contributed by atoms with Gasteiger partial charge in [0.15, 0.2) is 0 Å². The number of morpholine rings is 1. The highest BCUT2D eigenvalue weighted by Gasteiger charge is 2.21. The Hall–Kier alpha value is -1.80. The Morgan fingerprint density at radius 1 is 1.34 bits per heavy atom. The fourth-order valence-corrected chi connectivity index (χ4v) is 5.72. The van der Waals surface area contributed by atoms with E-state index in [-0.39, 0.29) is 18.8 Å². The molecule has 32 heavy (non-hydrogen) atoms. The number of aliphatic hydroxyl groups excluding tert-OH is 1. The predicted octanol–water partition coefficient (Wildman–Crippen LogP) is 1.01. The van der Waals surface area contributed by atoms with Crippen LogP contribution in [-0.2, 0) is 28.9 Å². The van der Waals surface area contributed by atoms with Crippen molar-refractivity contribution < 1.29 is 14.6 Å². The van der Waals surface area contributed by atoms with Crippen molar-refractivity contribution >= 4 is 21.6 Å². The topological polar surface area (TPSA) is 90.9 Å². The van der Waals surface area contributed by atoms with Crippen LogP contribution in [0.3, 0.4) is 0 Å². The summed E-state index contributed by atoms with van der Waals surface area (Å²) in [6.07, 6.45) is 8.88. The quantitative estimate of drug-likeness (QED) is 0.404. The summed E-state index contributed by atoms with van der Waals surface area (Å²) in [6, 6.07) is 0. The molecule has 8 nitrogen and oxygen atoms in total. The van der Waals surface area contributed by atoms with E-state index in [1.807, 2.05) is 0 Å². The molecule has 3 heterocycles. The Bertz CT molecular complexity index is 992. The van der Waals surface area contributed by atoms with Crippen molar-refractivity contribution in [3.63, 3.8) is 0 Å². The molecular formula is C23H32N4O4S. The zero-order valence-electron chi connectivity index (χ0n) is 18.5. The molecule has 2 aromatic heterocycles. The van der Waals surface area contributed by atoms with E-state index in [0.29, 0.717) is 18.9 Å². The summed E-state index contributed by atoms with van der Waals surface area (Å²) >= 11 is 1.66. The molecule has 4 rings (SSSR count). The lowest BCUT2D eigenvalue weighted by molar-refractivity contribution is 0.0132. The van der Waals surface area contributed by atoms with Crippen LogP contribution in [0.4, 0.5) is 0 Å². The van der Waals surface area contributed by atoms with Crippen molar-refractivity contribution in [1.82, 2.24) is 19.8 Å². The van der Waals surface area contributed by atoms with Crippen LogP contribution in [0, 0.1) is 12.3 Å². The van der Waals surface area contributed by atoms with E-state index in [4.69, 9.17) is 20.9 Å². The molecule has 0 radical (unpaired) electrons. The maximum Gasteiger partial charge on any atom is 0.259 e. The van der Waals surface area contributed by atoms with E-state index >= 15 is 0 Å². The molecule has 2 aliphatic rings. The third-order valence-corrected chi connectivity index (χ3v) is 7.23. The molecule has 0 saturated carbocycles. The molecule has 1 aliphatic carbocycles. The second-order valence-electron chi connectivity index (χ2n) is 8.47. The van der Waals surface area contributed by atoms with Gasteiger partial charge in [-0.3, -0.25) is 14.6 Å². The van der Waals surface area contributed by atoms with Gasteiger partial charge in [-0.2, -0.15) is 0 Å². The van der Waals surface area contributed by atoms with Gasteiger partial charge in [0.05, 0.1) is 37.9 Å². The normalized spacial score (nSPS) is 18.0. The van der Waals surface area contributed by atoms with Crippen molar-refractivity contribution in [3.05, 3.63) is 26.6 Å². The number of nitrogens with one attached hydrogen (secondary N) is 1. The molecule has 0 aromatic carbocycles. The summed E-state index contributed by atoms with van der Waals surface area (Å²) in [5.74, 6) is 3.05. The number of fused-ring (bicyclic) bond motifs is 3. The molecule has 1 atom stereocenters. The maximum atomic E-state index is 12.9. The van der Waals surface area contributed by atoms with Crippen molar-refractivity contribution in [2.75, 3.05) is 59.2 Å². The Morgan fingerprint density at radius 3 is 2.97 bits per heavy atom. The average molecular weight is 461 g/mol. The van der Waals surface area contributed by atoms with Crippen LogP contribution in [0.5, 0.6) is 0 Å². The summed E-state index contributed by atoms with van der Waals surface area (Å²) in [5.41, 5.74) is 1.15. The first-order chi connectivity index (χ1) is 15.6. The first kappa shape index (κ1) is 23.4. The second kappa shape index (κ2) is 11.4. The molecule has 0 amide bonds. The number of hydrogen-bond donors (Lipinski definition) is 2. The number of rotatable bonds is 10. The van der Waals surface area contributed by atoms with Crippen LogP contribution in [-0.4, -0.2) is 90.1 Å². The van der Waals surface area contributed by atoms with Crippen LogP contribution in [0.1, 0.15) is 29.1 Å². The van der Waals surface area contributed by atoms with E-state index in [1.54, 1.807) is 11.3 Å². The molecule has 0 spiro atoms. The van der Waals surface area contributed by atoms with Crippen LogP contribution in [0.2, 0.25) is 0 Å². The summed E-state index contributed by atoms with van der Waals surface area (Å²) in [6.45, 7) is 6.15. The molecule has 1 saturated heterocycles. The van der Waals surface area contributed by atoms with E-state index in [1.165, 1.54) is 16.9 Å². The summed E-state index contributed by atoms with van der Waals surface area (Å²) in [5, 5.41) is 11.2. The minimum atomic E-state index is -0.669. The van der Waals surface area contributed by atoms with Crippen LogP contribution in [0.15, 0.2) is 4.79 Å². The Kier molecular flexibility index (Phi) is 8.30. The van der Waals surface area contributed by atoms with E-state index < -0.39 is 6.10 Å². The largest absolute Gasteiger partial charge is 0.389 e. The highest BCUT2D eigenvalue weighted by atomic mass is 32.1. The van der Waals surface area contributed by atoms with Crippen LogP contribution >= 0.6 is 11.3 Å². The fourth-order valence-electron chi connectivity index (χ4n) is 4.44. The number of aromatic amines is 1. The fraction of sp³-hybridized carbons (Fsp3) is 0.652. The summed E-state index contributed by atoms with van der Waals surface area (Å²) in [7, 11) is 0. The van der Waals surface area contributed by atoms with Gasteiger partial charge in [0.1, 0.15) is 17.3 Å². The highest BCUT2D eigenvalue weighted by molar-refractivity contribution is 7.18. The van der Waals surface area contributed by atoms with Gasteiger partial charge in [-0.1, -0.05) is 5.92 Å². The number of ether oxygens (including phenoxy) is 2. The first-order valence-corrected chi connectivity index (χ1v) is 12.2. The standard InChI is InChI=1S/C23H32N4O4S/c1-2-11-31-16-17(28)14-27(8-7-26-9-12-30-13-10-26)15-20-24-22(29)21-18-5-3-4-6-19(18)32-23(21)25-20/h1,17,28H,3-16H2,(H,24,25,29)/t17-/m1/s1. The van der Waals surface area contributed by atoms with Crippen LogP contribution < -0.4 is 5.56 Å². The first-order valence-electron chi connectivity index (χ1n) is 11.4. The Morgan fingerprint density at radius 2 is 2.16 bits per heavy atom. The highest BCUT2D eigenvalue weighted by Crippen LogP contribution is 2.33. The second-order valence-corrected chi connectivity index (χ2v) is 9.55. The number of aromatic nitrogens is 2. The lowest BCUT2D eigenvalue weighted by Gasteiger charge is -2.30. The van der Waals surface area contributed by atoms with Gasteiger partial charge >= 0.3 is 0 Å². The monoisotopic (exact) mass is 460 g/mol. The molecule has 2 N–H and O–H groups in total. The van der Waals surface area contributed by atoms with Crippen molar-refractivity contribution in [2.45, 2.75) is 38.3 Å². The van der Waals surface area contributed by atoms with Gasteiger partial charge in [0.2, 0.25) is 0 Å². The van der Waals surface area contributed by atoms with E-state index in [2.05, 4.69) is 20.7 Å². The molecule has 9 heteroatoms. The zero-order valence-corrected chi connectivity index (χ0v) is 19.3. The molecule has 2 aromatic rings. The number of hydrogen-bond acceptors (Lipinski definition) is 8. The molecule has 0 unspecified atom stereocenters. The lowest BCUT2D eigenvalue weighted by Crippen LogP contribution is -2.43. The van der Waals surface area contributed by atoms with Crippen molar-refractivity contribution in [1.29, 1.82) is 0 Å². The van der Waals surface area contributed by atoms with E-state index in [0.717, 1.165) is 68.9 Å². The Labute approximate surface area is 192 Å². The van der Waals surface area contributed by atoms with Gasteiger partial charge in [0, 0.05) is 37.6 Å².